The molecule has 0 spiro atoms. The first-order valence-corrected chi connectivity index (χ1v) is 5.68. The van der Waals surface area contributed by atoms with E-state index in [4.69, 9.17) is 9.47 Å². The van der Waals surface area contributed by atoms with E-state index in [2.05, 4.69) is 0 Å². The van der Waals surface area contributed by atoms with E-state index in [9.17, 15) is 5.11 Å². The van der Waals surface area contributed by atoms with Gasteiger partial charge in [-0.1, -0.05) is 0 Å². The highest BCUT2D eigenvalue weighted by atomic mass is 16.5. The molecule has 0 saturated heterocycles. The van der Waals surface area contributed by atoms with E-state index < -0.39 is 6.10 Å². The fraction of sp³-hybridized carbons (Fsp3) is 0.286. The summed E-state index contributed by atoms with van der Waals surface area (Å²) in [6.45, 7) is 0. The van der Waals surface area contributed by atoms with Crippen LogP contribution in [0.4, 0.5) is 0 Å². The molecule has 96 valence electrons. The zero-order valence-electron chi connectivity index (χ0n) is 10.8. The molecule has 1 aromatic carbocycles. The van der Waals surface area contributed by atoms with Crippen LogP contribution >= 0.6 is 0 Å². The highest BCUT2D eigenvalue weighted by Gasteiger charge is 2.18. The van der Waals surface area contributed by atoms with Crippen LogP contribution in [0.25, 0.3) is 0 Å². The van der Waals surface area contributed by atoms with E-state index >= 15 is 0 Å². The summed E-state index contributed by atoms with van der Waals surface area (Å²) in [5.41, 5.74) is 1.50. The Hall–Kier alpha value is -1.94. The smallest absolute Gasteiger partial charge is 0.125 e. The third-order valence-corrected chi connectivity index (χ3v) is 3.00. The van der Waals surface area contributed by atoms with Crippen molar-refractivity contribution in [2.45, 2.75) is 6.10 Å². The Morgan fingerprint density at radius 2 is 1.94 bits per heavy atom. The van der Waals surface area contributed by atoms with Crippen LogP contribution < -0.4 is 9.47 Å². The van der Waals surface area contributed by atoms with Gasteiger partial charge in [-0.2, -0.15) is 0 Å². The Bertz CT molecular complexity index is 534. The molecule has 0 amide bonds. The van der Waals surface area contributed by atoms with E-state index in [1.807, 2.05) is 29.9 Å². The lowest BCUT2D eigenvalue weighted by molar-refractivity contribution is 0.205. The number of ether oxygens (including phenoxy) is 2. The molecule has 1 atom stereocenters. The number of aliphatic hydroxyl groups is 1. The minimum absolute atomic E-state index is 0.643. The van der Waals surface area contributed by atoms with Gasteiger partial charge in [0.25, 0.3) is 0 Å². The Kier molecular flexibility index (Phi) is 3.58. The molecule has 0 aliphatic carbocycles. The number of aryl methyl sites for hydroxylation is 1. The number of hydrogen-bond donors (Lipinski definition) is 1. The molecule has 0 fully saturated rings. The number of methoxy groups -OCH3 is 2. The molecule has 1 heterocycles. The van der Waals surface area contributed by atoms with Gasteiger partial charge in [-0.3, -0.25) is 0 Å². The van der Waals surface area contributed by atoms with Gasteiger partial charge >= 0.3 is 0 Å². The summed E-state index contributed by atoms with van der Waals surface area (Å²) in [6.07, 6.45) is 1.15. The number of nitrogens with zero attached hydrogens (tertiary/aromatic N) is 1. The second-order valence-corrected chi connectivity index (χ2v) is 4.05. The van der Waals surface area contributed by atoms with E-state index in [1.165, 1.54) is 0 Å². The maximum atomic E-state index is 10.4. The minimum Gasteiger partial charge on any atom is -0.497 e. The zero-order chi connectivity index (χ0) is 13.1. The van der Waals surface area contributed by atoms with E-state index in [-0.39, 0.29) is 0 Å². The topological polar surface area (TPSA) is 43.6 Å². The second kappa shape index (κ2) is 5.14. The molecule has 0 bridgehead atoms. The molecule has 0 radical (unpaired) electrons. The van der Waals surface area contributed by atoms with Crippen molar-refractivity contribution in [2.24, 2.45) is 7.05 Å². The van der Waals surface area contributed by atoms with Crippen molar-refractivity contribution in [2.75, 3.05) is 14.2 Å². The van der Waals surface area contributed by atoms with Crippen LogP contribution in [0.3, 0.4) is 0 Å². The molecule has 4 heteroatoms. The van der Waals surface area contributed by atoms with Crippen LogP contribution in [-0.2, 0) is 7.05 Å². The monoisotopic (exact) mass is 247 g/mol. The summed E-state index contributed by atoms with van der Waals surface area (Å²) in [5, 5.41) is 10.4. The van der Waals surface area contributed by atoms with Crippen molar-refractivity contribution in [1.29, 1.82) is 0 Å². The standard InChI is InChI=1S/C14H17NO3/c1-15-8-4-5-12(15)14(16)11-9-10(17-2)6-7-13(11)18-3/h4-9,14,16H,1-3H3/t14-/m0/s1. The van der Waals surface area contributed by atoms with Crippen molar-refractivity contribution < 1.29 is 14.6 Å². The van der Waals surface area contributed by atoms with Crippen molar-refractivity contribution in [3.8, 4) is 11.5 Å². The van der Waals surface area contributed by atoms with Gasteiger partial charge < -0.3 is 19.1 Å². The summed E-state index contributed by atoms with van der Waals surface area (Å²) in [7, 11) is 5.08. The molecule has 1 N–H and O–H groups in total. The largest absolute Gasteiger partial charge is 0.497 e. The third-order valence-electron chi connectivity index (χ3n) is 3.00. The van der Waals surface area contributed by atoms with Gasteiger partial charge in [0, 0.05) is 18.8 Å². The number of benzene rings is 1. The van der Waals surface area contributed by atoms with Crippen LogP contribution in [0.15, 0.2) is 36.5 Å². The van der Waals surface area contributed by atoms with Crippen LogP contribution in [0.5, 0.6) is 11.5 Å². The predicted octanol–water partition coefficient (Wildman–Crippen LogP) is 2.12. The van der Waals surface area contributed by atoms with Gasteiger partial charge in [-0.05, 0) is 30.3 Å². The lowest BCUT2D eigenvalue weighted by atomic mass is 10.0. The molecule has 2 rings (SSSR count). The first-order chi connectivity index (χ1) is 8.67. The second-order valence-electron chi connectivity index (χ2n) is 4.05. The van der Waals surface area contributed by atoms with Crippen LogP contribution in [-0.4, -0.2) is 23.9 Å². The number of hydrogen-bond acceptors (Lipinski definition) is 3. The maximum Gasteiger partial charge on any atom is 0.125 e. The van der Waals surface area contributed by atoms with Gasteiger partial charge in [0.2, 0.25) is 0 Å². The van der Waals surface area contributed by atoms with Crippen molar-refractivity contribution in [3.05, 3.63) is 47.8 Å². The Morgan fingerprint density at radius 3 is 2.50 bits per heavy atom. The normalized spacial score (nSPS) is 12.2. The molecule has 2 aromatic rings. The number of aliphatic hydroxyl groups excluding tert-OH is 1. The molecule has 0 aliphatic rings. The summed E-state index contributed by atoms with van der Waals surface area (Å²) >= 11 is 0. The summed E-state index contributed by atoms with van der Waals surface area (Å²) in [4.78, 5) is 0. The zero-order valence-corrected chi connectivity index (χ0v) is 10.8. The predicted molar refractivity (Wildman–Crippen MR) is 69.0 cm³/mol. The average Bonchev–Trinajstić information content (AvgIpc) is 2.83. The minimum atomic E-state index is -0.741. The van der Waals surface area contributed by atoms with E-state index in [0.717, 1.165) is 5.69 Å². The highest BCUT2D eigenvalue weighted by Crippen LogP contribution is 2.32. The molecule has 0 aliphatic heterocycles. The fourth-order valence-corrected chi connectivity index (χ4v) is 1.97. The fourth-order valence-electron chi connectivity index (χ4n) is 1.97. The number of rotatable bonds is 4. The van der Waals surface area contributed by atoms with Crippen molar-refractivity contribution in [1.82, 2.24) is 4.57 Å². The molecule has 0 saturated carbocycles. The van der Waals surface area contributed by atoms with Gasteiger partial charge in [-0.25, -0.2) is 0 Å². The number of aromatic nitrogens is 1. The average molecular weight is 247 g/mol. The van der Waals surface area contributed by atoms with E-state index in [0.29, 0.717) is 17.1 Å². The van der Waals surface area contributed by atoms with Crippen LogP contribution in [0, 0.1) is 0 Å². The quantitative estimate of drug-likeness (QED) is 0.900. The molecule has 0 unspecified atom stereocenters. The Morgan fingerprint density at radius 1 is 1.17 bits per heavy atom. The van der Waals surface area contributed by atoms with Crippen molar-refractivity contribution in [3.63, 3.8) is 0 Å². The van der Waals surface area contributed by atoms with E-state index in [1.54, 1.807) is 32.4 Å². The Labute approximate surface area is 106 Å². The first-order valence-electron chi connectivity index (χ1n) is 5.68. The van der Waals surface area contributed by atoms with Gasteiger partial charge in [0.05, 0.1) is 19.9 Å². The first kappa shape index (κ1) is 12.5. The Balaban J connectivity index is 2.45. The SMILES string of the molecule is COc1ccc(OC)c([C@H](O)c2cccn2C)c1. The lowest BCUT2D eigenvalue weighted by Crippen LogP contribution is -2.07. The summed E-state index contributed by atoms with van der Waals surface area (Å²) in [6, 6.07) is 9.16. The maximum absolute atomic E-state index is 10.4. The highest BCUT2D eigenvalue weighted by molar-refractivity contribution is 5.44. The molecule has 4 nitrogen and oxygen atoms in total. The molecular formula is C14H17NO3. The van der Waals surface area contributed by atoms with Gasteiger partial charge in [-0.15, -0.1) is 0 Å². The summed E-state index contributed by atoms with van der Waals surface area (Å²) in [5.74, 6) is 1.34. The molecular weight excluding hydrogens is 230 g/mol. The lowest BCUT2D eigenvalue weighted by Gasteiger charge is -2.16. The molecule has 1 aromatic heterocycles. The molecule has 18 heavy (non-hydrogen) atoms. The third kappa shape index (κ3) is 2.19. The van der Waals surface area contributed by atoms with Gasteiger partial charge in [0.15, 0.2) is 0 Å². The summed E-state index contributed by atoms with van der Waals surface area (Å²) < 4.78 is 12.3. The van der Waals surface area contributed by atoms with Crippen LogP contribution in [0.1, 0.15) is 17.4 Å². The van der Waals surface area contributed by atoms with Crippen LogP contribution in [0.2, 0.25) is 0 Å². The van der Waals surface area contributed by atoms with Crippen molar-refractivity contribution >= 4 is 0 Å². The van der Waals surface area contributed by atoms with Gasteiger partial charge in [0.1, 0.15) is 17.6 Å².